The van der Waals surface area contributed by atoms with Crippen LogP contribution in [0.1, 0.15) is 30.7 Å². The number of hydrogen-bond acceptors (Lipinski definition) is 1. The summed E-state index contributed by atoms with van der Waals surface area (Å²) in [7, 11) is 0. The van der Waals surface area contributed by atoms with Crippen LogP contribution in [-0.2, 0) is 0 Å². The molecule has 0 aliphatic heterocycles. The van der Waals surface area contributed by atoms with Crippen LogP contribution in [0.25, 0.3) is 0 Å². The van der Waals surface area contributed by atoms with Crippen LogP contribution in [0.15, 0.2) is 30.3 Å². The lowest BCUT2D eigenvalue weighted by Gasteiger charge is -2.28. The van der Waals surface area contributed by atoms with E-state index in [0.717, 1.165) is 11.8 Å². The average molecular weight is 187 g/mol. The molecule has 2 bridgehead atoms. The van der Waals surface area contributed by atoms with Crippen LogP contribution >= 0.6 is 0 Å². The molecule has 0 aromatic heterocycles. The van der Waals surface area contributed by atoms with Gasteiger partial charge in [-0.1, -0.05) is 30.3 Å². The SMILES string of the molecule is N[C@@H]1[C@@H]2CC[C@H](C2)[C@@H]1c1ccccc1. The van der Waals surface area contributed by atoms with E-state index in [1.54, 1.807) is 0 Å². The fourth-order valence-electron chi connectivity index (χ4n) is 3.51. The van der Waals surface area contributed by atoms with Crippen LogP contribution in [0.2, 0.25) is 0 Å². The molecule has 0 saturated heterocycles. The largest absolute Gasteiger partial charge is 0.327 e. The van der Waals surface area contributed by atoms with Crippen molar-refractivity contribution in [3.63, 3.8) is 0 Å². The smallest absolute Gasteiger partial charge is 0.0139 e. The maximum absolute atomic E-state index is 6.30. The molecule has 2 aliphatic rings. The third kappa shape index (κ3) is 1.12. The van der Waals surface area contributed by atoms with Gasteiger partial charge in [-0.25, -0.2) is 0 Å². The van der Waals surface area contributed by atoms with Crippen molar-refractivity contribution in [1.82, 2.24) is 0 Å². The maximum atomic E-state index is 6.30. The molecule has 1 heteroatoms. The molecule has 2 fully saturated rings. The minimum atomic E-state index is 0.427. The zero-order chi connectivity index (χ0) is 9.54. The van der Waals surface area contributed by atoms with Gasteiger partial charge in [0, 0.05) is 12.0 Å². The van der Waals surface area contributed by atoms with Crippen molar-refractivity contribution in [3.8, 4) is 0 Å². The summed E-state index contributed by atoms with van der Waals surface area (Å²) in [4.78, 5) is 0. The van der Waals surface area contributed by atoms with E-state index in [-0.39, 0.29) is 0 Å². The van der Waals surface area contributed by atoms with Crippen LogP contribution in [0.4, 0.5) is 0 Å². The van der Waals surface area contributed by atoms with Gasteiger partial charge in [0.1, 0.15) is 0 Å². The van der Waals surface area contributed by atoms with E-state index in [0.29, 0.717) is 12.0 Å². The number of benzene rings is 1. The topological polar surface area (TPSA) is 26.0 Å². The Morgan fingerprint density at radius 1 is 1.00 bits per heavy atom. The molecular formula is C13H17N. The Labute approximate surface area is 85.3 Å². The average Bonchev–Trinajstić information content (AvgIpc) is 2.79. The number of nitrogens with two attached hydrogens (primary N) is 1. The van der Waals surface area contributed by atoms with Crippen molar-refractivity contribution in [1.29, 1.82) is 0 Å². The van der Waals surface area contributed by atoms with Crippen LogP contribution in [0.5, 0.6) is 0 Å². The van der Waals surface area contributed by atoms with Crippen LogP contribution < -0.4 is 5.73 Å². The minimum Gasteiger partial charge on any atom is -0.327 e. The lowest BCUT2D eigenvalue weighted by Crippen LogP contribution is -2.33. The van der Waals surface area contributed by atoms with Gasteiger partial charge in [-0.2, -0.15) is 0 Å². The van der Waals surface area contributed by atoms with Crippen molar-refractivity contribution in [3.05, 3.63) is 35.9 Å². The molecule has 0 amide bonds. The summed E-state index contributed by atoms with van der Waals surface area (Å²) in [5.74, 6) is 2.33. The van der Waals surface area contributed by atoms with Gasteiger partial charge in [0.15, 0.2) is 0 Å². The summed E-state index contributed by atoms with van der Waals surface area (Å²) < 4.78 is 0. The molecule has 2 N–H and O–H groups in total. The quantitative estimate of drug-likeness (QED) is 0.718. The normalized spacial score (nSPS) is 40.4. The second-order valence-electron chi connectivity index (χ2n) is 4.85. The van der Waals surface area contributed by atoms with Crippen molar-refractivity contribution in [2.45, 2.75) is 31.2 Å². The van der Waals surface area contributed by atoms with Gasteiger partial charge in [0.25, 0.3) is 0 Å². The summed E-state index contributed by atoms with van der Waals surface area (Å²) in [6, 6.07) is 11.3. The second kappa shape index (κ2) is 3.09. The molecular weight excluding hydrogens is 170 g/mol. The van der Waals surface area contributed by atoms with Gasteiger partial charge >= 0.3 is 0 Å². The molecule has 4 atom stereocenters. The molecule has 74 valence electrons. The molecule has 1 aromatic carbocycles. The lowest BCUT2D eigenvalue weighted by atomic mass is 9.80. The molecule has 0 heterocycles. The van der Waals surface area contributed by atoms with Gasteiger partial charge in [0.05, 0.1) is 0 Å². The van der Waals surface area contributed by atoms with Gasteiger partial charge in [-0.15, -0.1) is 0 Å². The zero-order valence-electron chi connectivity index (χ0n) is 8.39. The third-order valence-corrected chi connectivity index (χ3v) is 4.17. The van der Waals surface area contributed by atoms with E-state index in [1.807, 2.05) is 0 Å². The van der Waals surface area contributed by atoms with E-state index in [9.17, 15) is 0 Å². The summed E-state index contributed by atoms with van der Waals surface area (Å²) >= 11 is 0. The monoisotopic (exact) mass is 187 g/mol. The first-order valence-corrected chi connectivity index (χ1v) is 5.67. The van der Waals surface area contributed by atoms with E-state index in [2.05, 4.69) is 30.3 Å². The molecule has 1 nitrogen and oxygen atoms in total. The Balaban J connectivity index is 1.93. The molecule has 2 aliphatic carbocycles. The lowest BCUT2D eigenvalue weighted by molar-refractivity contribution is 0.366. The van der Waals surface area contributed by atoms with Gasteiger partial charge in [-0.05, 0) is 36.7 Å². The second-order valence-corrected chi connectivity index (χ2v) is 4.85. The predicted octanol–water partition coefficient (Wildman–Crippen LogP) is 2.53. The first kappa shape index (κ1) is 8.49. The fraction of sp³-hybridized carbons (Fsp3) is 0.538. The molecule has 0 radical (unpaired) electrons. The highest BCUT2D eigenvalue weighted by molar-refractivity contribution is 5.25. The van der Waals surface area contributed by atoms with E-state index < -0.39 is 0 Å². The van der Waals surface area contributed by atoms with Crippen molar-refractivity contribution < 1.29 is 0 Å². The molecule has 3 rings (SSSR count). The van der Waals surface area contributed by atoms with Crippen LogP contribution in [0, 0.1) is 11.8 Å². The van der Waals surface area contributed by atoms with Gasteiger partial charge < -0.3 is 5.73 Å². The molecule has 0 spiro atoms. The molecule has 0 unspecified atom stereocenters. The summed E-state index contributed by atoms with van der Waals surface area (Å²) in [6.07, 6.45) is 4.15. The Morgan fingerprint density at radius 3 is 2.36 bits per heavy atom. The highest BCUT2D eigenvalue weighted by atomic mass is 14.7. The number of rotatable bonds is 1. The Kier molecular flexibility index (Phi) is 1.88. The number of fused-ring (bicyclic) bond motifs is 2. The summed E-state index contributed by atoms with van der Waals surface area (Å²) in [6.45, 7) is 0. The maximum Gasteiger partial charge on any atom is 0.0139 e. The zero-order valence-corrected chi connectivity index (χ0v) is 8.39. The standard InChI is InChI=1S/C13H17N/c14-13-11-7-6-10(8-11)12(13)9-4-2-1-3-5-9/h1-5,10-13H,6-8,14H2/t10-,11-,12+,13-/m1/s1. The van der Waals surface area contributed by atoms with Crippen LogP contribution in [0.3, 0.4) is 0 Å². The highest BCUT2D eigenvalue weighted by Gasteiger charge is 2.46. The minimum absolute atomic E-state index is 0.427. The van der Waals surface area contributed by atoms with Crippen LogP contribution in [-0.4, -0.2) is 6.04 Å². The van der Waals surface area contributed by atoms with Crippen molar-refractivity contribution in [2.75, 3.05) is 0 Å². The first-order chi connectivity index (χ1) is 6.86. The molecule has 14 heavy (non-hydrogen) atoms. The third-order valence-electron chi connectivity index (χ3n) is 4.17. The van der Waals surface area contributed by atoms with Gasteiger partial charge in [0.2, 0.25) is 0 Å². The Hall–Kier alpha value is -0.820. The van der Waals surface area contributed by atoms with Crippen molar-refractivity contribution in [2.24, 2.45) is 17.6 Å². The predicted molar refractivity (Wildman–Crippen MR) is 58.0 cm³/mol. The fourth-order valence-corrected chi connectivity index (χ4v) is 3.51. The molecule has 1 aromatic rings. The van der Waals surface area contributed by atoms with E-state index in [4.69, 9.17) is 5.73 Å². The Morgan fingerprint density at radius 2 is 1.71 bits per heavy atom. The molecule has 2 saturated carbocycles. The van der Waals surface area contributed by atoms with Gasteiger partial charge in [-0.3, -0.25) is 0 Å². The summed E-state index contributed by atoms with van der Waals surface area (Å²) in [5.41, 5.74) is 7.76. The summed E-state index contributed by atoms with van der Waals surface area (Å²) in [5, 5.41) is 0. The number of hydrogen-bond donors (Lipinski definition) is 1. The van der Waals surface area contributed by atoms with E-state index >= 15 is 0 Å². The first-order valence-electron chi connectivity index (χ1n) is 5.67. The highest BCUT2D eigenvalue weighted by Crippen LogP contribution is 2.51. The Bertz CT molecular complexity index is 317. The van der Waals surface area contributed by atoms with Crippen molar-refractivity contribution >= 4 is 0 Å². The van der Waals surface area contributed by atoms with E-state index in [1.165, 1.54) is 24.8 Å².